The Morgan fingerprint density at radius 3 is 2.56 bits per heavy atom. The lowest BCUT2D eigenvalue weighted by Crippen LogP contribution is -2.23. The highest BCUT2D eigenvalue weighted by molar-refractivity contribution is 9.10. The third-order valence-corrected chi connectivity index (χ3v) is 7.37. The Hall–Kier alpha value is -3.27. The number of benzene rings is 3. The lowest BCUT2D eigenvalue weighted by molar-refractivity contribution is -0.121. The van der Waals surface area contributed by atoms with Gasteiger partial charge in [0.05, 0.1) is 23.3 Å². The zero-order valence-electron chi connectivity index (χ0n) is 19.2. The highest BCUT2D eigenvalue weighted by atomic mass is 79.9. The molecule has 0 saturated carbocycles. The number of amides is 1. The molecule has 184 valence electrons. The van der Waals surface area contributed by atoms with Gasteiger partial charge >= 0.3 is 5.97 Å². The second-order valence-corrected chi connectivity index (χ2v) is 9.90. The fraction of sp³-hybridized carbons (Fsp3) is 0.115. The number of carbonyl (C=O) groups is 2. The van der Waals surface area contributed by atoms with Crippen LogP contribution in [0.15, 0.2) is 75.0 Å². The van der Waals surface area contributed by atoms with E-state index in [1.807, 2.05) is 18.2 Å². The van der Waals surface area contributed by atoms with Crippen LogP contribution in [0, 0.1) is 0 Å². The van der Waals surface area contributed by atoms with Crippen LogP contribution in [0.25, 0.3) is 6.08 Å². The summed E-state index contributed by atoms with van der Waals surface area (Å²) in [6.07, 6.45) is 1.75. The van der Waals surface area contributed by atoms with Gasteiger partial charge in [0, 0.05) is 22.1 Å². The van der Waals surface area contributed by atoms with Gasteiger partial charge in [-0.2, -0.15) is 0 Å². The second-order valence-electron chi connectivity index (χ2n) is 7.63. The summed E-state index contributed by atoms with van der Waals surface area (Å²) in [6, 6.07) is 17.2. The molecule has 0 aliphatic carbocycles. The molecule has 10 heteroatoms. The smallest absolute Gasteiger partial charge is 0.335 e. The molecular weight excluding hydrogens is 568 g/mol. The number of nitrogens with zero attached hydrogens (tertiary/aromatic N) is 2. The summed E-state index contributed by atoms with van der Waals surface area (Å²) < 4.78 is 12.2. The van der Waals surface area contributed by atoms with Crippen molar-refractivity contribution >= 4 is 68.1 Å². The molecule has 3 aromatic carbocycles. The molecule has 0 aromatic heterocycles. The molecule has 1 aliphatic heterocycles. The molecule has 7 nitrogen and oxygen atoms in total. The van der Waals surface area contributed by atoms with Gasteiger partial charge in [-0.1, -0.05) is 45.7 Å². The number of aliphatic imine (C=N–C) groups is 1. The minimum Gasteiger partial charge on any atom is -0.493 e. The van der Waals surface area contributed by atoms with Gasteiger partial charge < -0.3 is 14.6 Å². The number of hydrogen-bond donors (Lipinski definition) is 1. The van der Waals surface area contributed by atoms with Gasteiger partial charge in [0.15, 0.2) is 16.7 Å². The predicted octanol–water partition coefficient (Wildman–Crippen LogP) is 6.62. The number of carbonyl (C=O) groups excluding carboxylic acids is 1. The Kier molecular flexibility index (Phi) is 8.03. The molecule has 1 fully saturated rings. The van der Waals surface area contributed by atoms with Crippen LogP contribution in [0.3, 0.4) is 0 Å². The third-order valence-electron chi connectivity index (χ3n) is 5.25. The molecule has 0 unspecified atom stereocenters. The van der Waals surface area contributed by atoms with Crippen molar-refractivity contribution in [3.63, 3.8) is 0 Å². The van der Waals surface area contributed by atoms with Gasteiger partial charge in [-0.15, -0.1) is 0 Å². The Morgan fingerprint density at radius 1 is 1.17 bits per heavy atom. The first-order valence-corrected chi connectivity index (χ1v) is 12.6. The van der Waals surface area contributed by atoms with E-state index in [-0.39, 0.29) is 18.1 Å². The highest BCUT2D eigenvalue weighted by Gasteiger charge is 2.30. The molecule has 4 rings (SSSR count). The number of carboxylic acid groups (broad SMARTS) is 1. The fourth-order valence-electron chi connectivity index (χ4n) is 3.29. The Balaban J connectivity index is 1.56. The summed E-state index contributed by atoms with van der Waals surface area (Å²) in [5.41, 5.74) is 2.30. The summed E-state index contributed by atoms with van der Waals surface area (Å²) in [5, 5.41) is 10.2. The predicted molar refractivity (Wildman–Crippen MR) is 145 cm³/mol. The van der Waals surface area contributed by atoms with Crippen molar-refractivity contribution in [3.8, 4) is 11.5 Å². The van der Waals surface area contributed by atoms with E-state index in [0.29, 0.717) is 32.3 Å². The Morgan fingerprint density at radius 2 is 1.89 bits per heavy atom. The number of rotatable bonds is 7. The largest absolute Gasteiger partial charge is 0.493 e. The molecule has 1 aliphatic rings. The average molecular weight is 588 g/mol. The molecule has 1 heterocycles. The van der Waals surface area contributed by atoms with E-state index in [1.165, 1.54) is 28.8 Å². The number of thioether (sulfide) groups is 1. The molecule has 0 atom stereocenters. The number of amidine groups is 1. The second kappa shape index (κ2) is 11.2. The average Bonchev–Trinajstić information content (AvgIpc) is 3.12. The first-order valence-electron chi connectivity index (χ1n) is 10.6. The number of carboxylic acids is 1. The van der Waals surface area contributed by atoms with Crippen LogP contribution in [0.5, 0.6) is 11.5 Å². The van der Waals surface area contributed by atoms with Crippen molar-refractivity contribution < 1.29 is 24.2 Å². The Labute approximate surface area is 225 Å². The van der Waals surface area contributed by atoms with Crippen LogP contribution in [0.4, 0.5) is 5.69 Å². The van der Waals surface area contributed by atoms with Gasteiger partial charge in [0.1, 0.15) is 6.61 Å². The summed E-state index contributed by atoms with van der Waals surface area (Å²) in [6.45, 7) is 0.273. The van der Waals surface area contributed by atoms with Gasteiger partial charge in [-0.3, -0.25) is 9.69 Å². The maximum absolute atomic E-state index is 12.9. The van der Waals surface area contributed by atoms with Gasteiger partial charge in [0.25, 0.3) is 5.91 Å². The SMILES string of the molecule is COc1cc(/C=C2\SC(=Nc3ccc(C(=O)O)cc3)N(C)C2=O)c(Br)cc1OCc1ccccc1Cl. The van der Waals surface area contributed by atoms with Crippen molar-refractivity contribution in [3.05, 3.63) is 91.8 Å². The lowest BCUT2D eigenvalue weighted by Gasteiger charge is -2.13. The zero-order valence-corrected chi connectivity index (χ0v) is 22.4. The molecule has 1 saturated heterocycles. The monoisotopic (exact) mass is 586 g/mol. The van der Waals surface area contributed by atoms with E-state index in [0.717, 1.165) is 15.6 Å². The maximum Gasteiger partial charge on any atom is 0.335 e. The fourth-order valence-corrected chi connectivity index (χ4v) is 4.89. The first kappa shape index (κ1) is 25.8. The van der Waals surface area contributed by atoms with Crippen molar-refractivity contribution in [2.45, 2.75) is 6.61 Å². The molecule has 3 aromatic rings. The van der Waals surface area contributed by atoms with Crippen LogP contribution in [-0.4, -0.2) is 41.2 Å². The quantitative estimate of drug-likeness (QED) is 0.313. The summed E-state index contributed by atoms with van der Waals surface area (Å²) >= 11 is 11.0. The summed E-state index contributed by atoms with van der Waals surface area (Å²) in [5.74, 6) is -0.177. The topological polar surface area (TPSA) is 88.4 Å². The number of likely N-dealkylation sites (N-methyl/N-ethyl adjacent to an activating group) is 1. The number of hydrogen-bond acceptors (Lipinski definition) is 6. The Bertz CT molecular complexity index is 1390. The first-order chi connectivity index (χ1) is 17.3. The van der Waals surface area contributed by atoms with Gasteiger partial charge in [0.2, 0.25) is 0 Å². The van der Waals surface area contributed by atoms with E-state index in [9.17, 15) is 9.59 Å². The van der Waals surface area contributed by atoms with Crippen molar-refractivity contribution in [2.75, 3.05) is 14.2 Å². The molecule has 0 radical (unpaired) electrons. The van der Waals surface area contributed by atoms with E-state index in [2.05, 4.69) is 20.9 Å². The number of halogens is 2. The van der Waals surface area contributed by atoms with Crippen molar-refractivity contribution in [1.29, 1.82) is 0 Å². The van der Waals surface area contributed by atoms with Crippen LogP contribution in [0.1, 0.15) is 21.5 Å². The maximum atomic E-state index is 12.9. The van der Waals surface area contributed by atoms with E-state index < -0.39 is 5.97 Å². The van der Waals surface area contributed by atoms with Gasteiger partial charge in [-0.05, 0) is 65.9 Å². The van der Waals surface area contributed by atoms with Crippen molar-refractivity contribution in [2.24, 2.45) is 4.99 Å². The van der Waals surface area contributed by atoms with E-state index >= 15 is 0 Å². The minimum atomic E-state index is -1.01. The molecular formula is C26H20BrClN2O5S. The van der Waals surface area contributed by atoms with Crippen LogP contribution >= 0.6 is 39.3 Å². The number of aromatic carboxylic acids is 1. The standard InChI is InChI=1S/C26H20BrClN2O5S/c1-30-24(31)23(36-26(30)29-18-9-7-15(8-10-18)25(32)33)12-17-11-21(34-2)22(13-19(17)27)35-14-16-5-3-4-6-20(16)28/h3-13H,14H2,1-2H3,(H,32,33)/b23-12-,29-26?. The third kappa shape index (κ3) is 5.75. The highest BCUT2D eigenvalue weighted by Crippen LogP contribution is 2.38. The van der Waals surface area contributed by atoms with Crippen LogP contribution in [0.2, 0.25) is 5.02 Å². The molecule has 36 heavy (non-hydrogen) atoms. The lowest BCUT2D eigenvalue weighted by atomic mass is 10.1. The normalized spacial score (nSPS) is 15.6. The molecule has 1 amide bonds. The van der Waals surface area contributed by atoms with E-state index in [1.54, 1.807) is 50.6 Å². The minimum absolute atomic E-state index is 0.168. The summed E-state index contributed by atoms with van der Waals surface area (Å²) in [4.78, 5) is 30.3. The van der Waals surface area contributed by atoms with Gasteiger partial charge in [-0.25, -0.2) is 9.79 Å². The molecule has 1 N–H and O–H groups in total. The van der Waals surface area contributed by atoms with Crippen LogP contribution < -0.4 is 9.47 Å². The van der Waals surface area contributed by atoms with Crippen LogP contribution in [-0.2, 0) is 11.4 Å². The number of methoxy groups -OCH3 is 1. The van der Waals surface area contributed by atoms with E-state index in [4.69, 9.17) is 26.2 Å². The zero-order chi connectivity index (χ0) is 25.8. The van der Waals surface area contributed by atoms with Crippen molar-refractivity contribution in [1.82, 2.24) is 4.90 Å². The molecule has 0 spiro atoms. The number of ether oxygens (including phenoxy) is 2. The molecule has 0 bridgehead atoms. The summed E-state index contributed by atoms with van der Waals surface area (Å²) in [7, 11) is 3.19.